The predicted octanol–water partition coefficient (Wildman–Crippen LogP) is 2.85. The number of nitrogens with one attached hydrogen (secondary N) is 1. The van der Waals surface area contributed by atoms with Gasteiger partial charge in [0, 0.05) is 25.1 Å². The summed E-state index contributed by atoms with van der Waals surface area (Å²) in [5.74, 6) is 0.264. The Kier molecular flexibility index (Phi) is 2.69. The predicted molar refractivity (Wildman–Crippen MR) is 62.4 cm³/mol. The molecule has 1 N–H and O–H groups in total. The molecular weight excluding hydrogens is 257 g/mol. The first kappa shape index (κ1) is 12.0. The van der Waals surface area contributed by atoms with Gasteiger partial charge in [-0.3, -0.25) is 4.98 Å². The second kappa shape index (κ2) is 4.25. The van der Waals surface area contributed by atoms with Crippen LogP contribution < -0.4 is 5.32 Å². The van der Waals surface area contributed by atoms with E-state index in [2.05, 4.69) is 15.3 Å². The summed E-state index contributed by atoms with van der Waals surface area (Å²) >= 11 is 0. The van der Waals surface area contributed by atoms with Gasteiger partial charge in [-0.15, -0.1) is 0 Å². The lowest BCUT2D eigenvalue weighted by Gasteiger charge is -2.25. The molecular formula is C12H11F3N4. The molecule has 100 valence electrons. The number of aryl methyl sites for hydroxylation is 1. The van der Waals surface area contributed by atoms with Crippen LogP contribution in [0.15, 0.2) is 30.7 Å². The lowest BCUT2D eigenvalue weighted by atomic mass is 10.0. The van der Waals surface area contributed by atoms with Gasteiger partial charge in [0.05, 0.1) is 6.04 Å². The summed E-state index contributed by atoms with van der Waals surface area (Å²) in [5, 5.41) is 3.03. The highest BCUT2D eigenvalue weighted by atomic mass is 19.4. The van der Waals surface area contributed by atoms with Crippen molar-refractivity contribution in [2.75, 3.05) is 5.32 Å². The van der Waals surface area contributed by atoms with E-state index < -0.39 is 11.9 Å². The van der Waals surface area contributed by atoms with Gasteiger partial charge in [-0.2, -0.15) is 13.2 Å². The van der Waals surface area contributed by atoms with E-state index in [1.165, 1.54) is 4.57 Å². The zero-order valence-corrected chi connectivity index (χ0v) is 9.85. The van der Waals surface area contributed by atoms with E-state index in [9.17, 15) is 13.2 Å². The van der Waals surface area contributed by atoms with E-state index in [1.54, 1.807) is 12.4 Å². The standard InChI is InChI=1S/C12H11F3N4/c13-12(14,15)10-7-19-6-3-9(17-11(19)18-10)8-1-4-16-5-2-8/h1-2,4-5,7,9H,3,6H2,(H,17,18). The zero-order chi connectivity index (χ0) is 13.5. The van der Waals surface area contributed by atoms with E-state index in [0.29, 0.717) is 13.0 Å². The molecule has 0 aromatic carbocycles. The summed E-state index contributed by atoms with van der Waals surface area (Å²) in [5.41, 5.74) is 0.142. The summed E-state index contributed by atoms with van der Waals surface area (Å²) in [6, 6.07) is 3.67. The van der Waals surface area contributed by atoms with Crippen molar-refractivity contribution in [1.82, 2.24) is 14.5 Å². The summed E-state index contributed by atoms with van der Waals surface area (Å²) in [6.07, 6.45) is 0.687. The normalized spacial score (nSPS) is 18.8. The molecule has 0 spiro atoms. The van der Waals surface area contributed by atoms with Gasteiger partial charge in [0.25, 0.3) is 0 Å². The minimum absolute atomic E-state index is 0.0287. The number of hydrogen-bond acceptors (Lipinski definition) is 3. The van der Waals surface area contributed by atoms with Gasteiger partial charge in [0.1, 0.15) is 0 Å². The Bertz CT molecular complexity index is 576. The van der Waals surface area contributed by atoms with Crippen LogP contribution in [-0.2, 0) is 12.7 Å². The van der Waals surface area contributed by atoms with Gasteiger partial charge >= 0.3 is 6.18 Å². The second-order valence-electron chi connectivity index (χ2n) is 4.41. The summed E-state index contributed by atoms with van der Waals surface area (Å²) in [6.45, 7) is 0.512. The second-order valence-corrected chi connectivity index (χ2v) is 4.41. The molecule has 0 bridgehead atoms. The number of pyridine rings is 1. The lowest BCUT2D eigenvalue weighted by molar-refractivity contribution is -0.140. The summed E-state index contributed by atoms with van der Waals surface area (Å²) in [7, 11) is 0. The number of hydrogen-bond donors (Lipinski definition) is 1. The third-order valence-corrected chi connectivity index (χ3v) is 3.14. The van der Waals surface area contributed by atoms with Crippen LogP contribution in [-0.4, -0.2) is 14.5 Å². The molecule has 1 unspecified atom stereocenters. The van der Waals surface area contributed by atoms with Gasteiger partial charge in [-0.25, -0.2) is 4.98 Å². The van der Waals surface area contributed by atoms with Crippen LogP contribution in [0.5, 0.6) is 0 Å². The topological polar surface area (TPSA) is 42.7 Å². The SMILES string of the molecule is FC(F)(F)c1cn2c(n1)NC(c1ccncc1)CC2. The monoisotopic (exact) mass is 268 g/mol. The number of imidazole rings is 1. The fourth-order valence-corrected chi connectivity index (χ4v) is 2.18. The Balaban J connectivity index is 1.86. The molecule has 0 radical (unpaired) electrons. The third kappa shape index (κ3) is 2.27. The van der Waals surface area contributed by atoms with Crippen LogP contribution >= 0.6 is 0 Å². The van der Waals surface area contributed by atoms with Crippen LogP contribution in [0.25, 0.3) is 0 Å². The average Bonchev–Trinajstić information content (AvgIpc) is 2.82. The highest BCUT2D eigenvalue weighted by Crippen LogP contribution is 2.33. The van der Waals surface area contributed by atoms with Crippen LogP contribution in [0, 0.1) is 0 Å². The van der Waals surface area contributed by atoms with Crippen LogP contribution in [0.1, 0.15) is 23.7 Å². The maximum atomic E-state index is 12.6. The maximum Gasteiger partial charge on any atom is 0.434 e. The summed E-state index contributed by atoms with van der Waals surface area (Å²) in [4.78, 5) is 7.53. The largest absolute Gasteiger partial charge is 0.434 e. The third-order valence-electron chi connectivity index (χ3n) is 3.14. The number of anilines is 1. The fraction of sp³-hybridized carbons (Fsp3) is 0.333. The molecule has 0 aliphatic carbocycles. The Hall–Kier alpha value is -2.05. The molecule has 0 saturated heterocycles. The summed E-state index contributed by atoms with van der Waals surface area (Å²) < 4.78 is 39.2. The van der Waals surface area contributed by atoms with E-state index in [4.69, 9.17) is 0 Å². The molecule has 0 fully saturated rings. The van der Waals surface area contributed by atoms with Gasteiger partial charge in [0.15, 0.2) is 5.69 Å². The Morgan fingerprint density at radius 1 is 1.26 bits per heavy atom. The molecule has 3 rings (SSSR count). The average molecular weight is 268 g/mol. The molecule has 0 amide bonds. The van der Waals surface area contributed by atoms with Gasteiger partial charge in [0.2, 0.25) is 5.95 Å². The van der Waals surface area contributed by atoms with E-state index >= 15 is 0 Å². The zero-order valence-electron chi connectivity index (χ0n) is 9.85. The Labute approximate surface area is 107 Å². The van der Waals surface area contributed by atoms with Crippen molar-refractivity contribution >= 4 is 5.95 Å². The number of aromatic nitrogens is 3. The van der Waals surface area contributed by atoms with Crippen molar-refractivity contribution in [3.8, 4) is 0 Å². The molecule has 2 aromatic rings. The molecule has 1 aliphatic heterocycles. The molecule has 7 heteroatoms. The first-order valence-corrected chi connectivity index (χ1v) is 5.85. The molecule has 0 saturated carbocycles. The highest BCUT2D eigenvalue weighted by Gasteiger charge is 2.35. The van der Waals surface area contributed by atoms with Crippen LogP contribution in [0.2, 0.25) is 0 Å². The lowest BCUT2D eigenvalue weighted by Crippen LogP contribution is -2.21. The smallest absolute Gasteiger partial charge is 0.349 e. The number of fused-ring (bicyclic) bond motifs is 1. The van der Waals surface area contributed by atoms with Gasteiger partial charge in [-0.05, 0) is 24.1 Å². The van der Waals surface area contributed by atoms with E-state index in [1.807, 2.05) is 12.1 Å². The minimum Gasteiger partial charge on any atom is -0.349 e. The van der Waals surface area contributed by atoms with Gasteiger partial charge < -0.3 is 9.88 Å². The Morgan fingerprint density at radius 2 is 2.00 bits per heavy atom. The van der Waals surface area contributed by atoms with Crippen molar-refractivity contribution in [3.63, 3.8) is 0 Å². The van der Waals surface area contributed by atoms with Crippen molar-refractivity contribution in [3.05, 3.63) is 42.0 Å². The van der Waals surface area contributed by atoms with Crippen molar-refractivity contribution in [2.24, 2.45) is 0 Å². The maximum absolute atomic E-state index is 12.6. The van der Waals surface area contributed by atoms with Crippen molar-refractivity contribution in [1.29, 1.82) is 0 Å². The Morgan fingerprint density at radius 3 is 2.68 bits per heavy atom. The number of alkyl halides is 3. The molecule has 1 aliphatic rings. The number of halogens is 3. The fourth-order valence-electron chi connectivity index (χ4n) is 2.18. The minimum atomic E-state index is -4.40. The number of nitrogens with zero attached hydrogens (tertiary/aromatic N) is 3. The van der Waals surface area contributed by atoms with Crippen LogP contribution in [0.4, 0.5) is 19.1 Å². The molecule has 4 nitrogen and oxygen atoms in total. The quantitative estimate of drug-likeness (QED) is 0.864. The van der Waals surface area contributed by atoms with Crippen molar-refractivity contribution < 1.29 is 13.2 Å². The molecule has 3 heterocycles. The van der Waals surface area contributed by atoms with E-state index in [-0.39, 0.29) is 12.0 Å². The highest BCUT2D eigenvalue weighted by molar-refractivity contribution is 5.36. The first-order valence-electron chi connectivity index (χ1n) is 5.85. The van der Waals surface area contributed by atoms with E-state index in [0.717, 1.165) is 11.8 Å². The van der Waals surface area contributed by atoms with Gasteiger partial charge in [-0.1, -0.05) is 0 Å². The molecule has 19 heavy (non-hydrogen) atoms. The van der Waals surface area contributed by atoms with Crippen LogP contribution in [0.3, 0.4) is 0 Å². The number of rotatable bonds is 1. The first-order chi connectivity index (χ1) is 9.04. The molecule has 1 atom stereocenters. The van der Waals surface area contributed by atoms with Crippen molar-refractivity contribution in [2.45, 2.75) is 25.2 Å². The molecule has 2 aromatic heterocycles.